The Bertz CT molecular complexity index is 492. The number of nitrogens with two attached hydrogens (primary N) is 1. The lowest BCUT2D eigenvalue weighted by molar-refractivity contribution is 0.841. The molecule has 0 aliphatic heterocycles. The van der Waals surface area contributed by atoms with Gasteiger partial charge in [0.05, 0.1) is 5.02 Å². The number of H-pyrrole nitrogens is 1. The minimum Gasteiger partial charge on any atom is -0.399 e. The Morgan fingerprint density at radius 2 is 2.25 bits per heavy atom. The number of nitrogens with zero attached hydrogens (tertiary/aromatic N) is 2. The van der Waals surface area contributed by atoms with Crippen LogP contribution in [0, 0.1) is 0 Å². The summed E-state index contributed by atoms with van der Waals surface area (Å²) in [6, 6.07) is 5.29. The van der Waals surface area contributed by atoms with Crippen molar-refractivity contribution in [3.05, 3.63) is 29.0 Å². The van der Waals surface area contributed by atoms with Gasteiger partial charge in [0.15, 0.2) is 5.82 Å². The van der Waals surface area contributed by atoms with Gasteiger partial charge >= 0.3 is 0 Å². The highest BCUT2D eigenvalue weighted by molar-refractivity contribution is 6.33. The van der Waals surface area contributed by atoms with Crippen molar-refractivity contribution >= 4 is 17.3 Å². The van der Waals surface area contributed by atoms with Crippen molar-refractivity contribution < 1.29 is 0 Å². The zero-order valence-corrected chi connectivity index (χ0v) is 9.75. The lowest BCUT2D eigenvalue weighted by Gasteiger charge is -2.00. The molecule has 0 spiro atoms. The molecule has 1 heterocycles. The molecule has 5 heteroatoms. The molecule has 0 bridgehead atoms. The molecule has 1 aromatic heterocycles. The van der Waals surface area contributed by atoms with E-state index >= 15 is 0 Å². The lowest BCUT2D eigenvalue weighted by atomic mass is 10.2. The van der Waals surface area contributed by atoms with Gasteiger partial charge in [-0.3, -0.25) is 5.10 Å². The monoisotopic (exact) mass is 236 g/mol. The second-order valence-corrected chi connectivity index (χ2v) is 4.00. The van der Waals surface area contributed by atoms with Gasteiger partial charge in [-0.15, -0.1) is 0 Å². The summed E-state index contributed by atoms with van der Waals surface area (Å²) in [7, 11) is 0. The first-order valence-corrected chi connectivity index (χ1v) is 5.55. The van der Waals surface area contributed by atoms with Gasteiger partial charge in [-0.2, -0.15) is 5.10 Å². The average Bonchev–Trinajstić information content (AvgIpc) is 2.71. The van der Waals surface area contributed by atoms with Gasteiger partial charge in [-0.05, 0) is 24.6 Å². The summed E-state index contributed by atoms with van der Waals surface area (Å²) >= 11 is 6.07. The highest BCUT2D eigenvalue weighted by Gasteiger charge is 2.09. The van der Waals surface area contributed by atoms with Crippen LogP contribution in [-0.2, 0) is 6.42 Å². The number of hydrogen-bond donors (Lipinski definition) is 2. The van der Waals surface area contributed by atoms with Gasteiger partial charge in [0, 0.05) is 17.7 Å². The molecule has 0 fully saturated rings. The summed E-state index contributed by atoms with van der Waals surface area (Å²) in [4.78, 5) is 4.37. The Morgan fingerprint density at radius 1 is 1.44 bits per heavy atom. The van der Waals surface area contributed by atoms with Crippen molar-refractivity contribution in [1.82, 2.24) is 15.2 Å². The van der Waals surface area contributed by atoms with Gasteiger partial charge < -0.3 is 5.73 Å². The van der Waals surface area contributed by atoms with Crippen LogP contribution in [0.4, 0.5) is 5.69 Å². The minimum absolute atomic E-state index is 0.598. The largest absolute Gasteiger partial charge is 0.399 e. The summed E-state index contributed by atoms with van der Waals surface area (Å²) in [5.74, 6) is 1.47. The first-order valence-electron chi connectivity index (χ1n) is 5.17. The molecule has 84 valence electrons. The van der Waals surface area contributed by atoms with E-state index in [1.807, 2.05) is 0 Å². The van der Waals surface area contributed by atoms with Crippen molar-refractivity contribution in [1.29, 1.82) is 0 Å². The first kappa shape index (κ1) is 11.0. The first-order chi connectivity index (χ1) is 7.70. The zero-order valence-electron chi connectivity index (χ0n) is 9.00. The highest BCUT2D eigenvalue weighted by Crippen LogP contribution is 2.27. The second-order valence-electron chi connectivity index (χ2n) is 3.59. The van der Waals surface area contributed by atoms with E-state index in [1.165, 1.54) is 0 Å². The quantitative estimate of drug-likeness (QED) is 0.805. The number of halogens is 1. The number of aromatic nitrogens is 3. The van der Waals surface area contributed by atoms with Crippen molar-refractivity contribution in [3.8, 4) is 11.4 Å². The van der Waals surface area contributed by atoms with Crippen LogP contribution in [0.5, 0.6) is 0 Å². The number of nitrogen functional groups attached to an aromatic ring is 1. The molecular formula is C11H13ClN4. The fraction of sp³-hybridized carbons (Fsp3) is 0.273. The van der Waals surface area contributed by atoms with Crippen molar-refractivity contribution in [2.45, 2.75) is 19.8 Å². The fourth-order valence-electron chi connectivity index (χ4n) is 1.48. The van der Waals surface area contributed by atoms with E-state index in [0.717, 1.165) is 24.2 Å². The van der Waals surface area contributed by atoms with Crippen molar-refractivity contribution in [3.63, 3.8) is 0 Å². The van der Waals surface area contributed by atoms with Crippen LogP contribution >= 0.6 is 11.6 Å². The Hall–Kier alpha value is -1.55. The molecule has 4 nitrogen and oxygen atoms in total. The van der Waals surface area contributed by atoms with Crippen LogP contribution in [0.2, 0.25) is 5.02 Å². The number of benzene rings is 1. The van der Waals surface area contributed by atoms with Gasteiger partial charge in [-0.1, -0.05) is 18.5 Å². The van der Waals surface area contributed by atoms with Gasteiger partial charge in [-0.25, -0.2) is 4.98 Å². The molecule has 0 amide bonds. The third-order valence-corrected chi connectivity index (χ3v) is 2.58. The van der Waals surface area contributed by atoms with Gasteiger partial charge in [0.25, 0.3) is 0 Å². The SMILES string of the molecule is CCCc1nc(-c2cc(N)ccc2Cl)n[nH]1. The molecule has 0 saturated carbocycles. The van der Waals surface area contributed by atoms with Crippen LogP contribution in [0.25, 0.3) is 11.4 Å². The topological polar surface area (TPSA) is 67.6 Å². The maximum absolute atomic E-state index is 6.07. The zero-order chi connectivity index (χ0) is 11.5. The summed E-state index contributed by atoms with van der Waals surface area (Å²) in [6.07, 6.45) is 1.91. The normalized spacial score (nSPS) is 10.6. The predicted octanol–water partition coefficient (Wildman–Crippen LogP) is 2.66. The molecule has 2 aromatic rings. The van der Waals surface area contributed by atoms with E-state index in [1.54, 1.807) is 18.2 Å². The highest BCUT2D eigenvalue weighted by atomic mass is 35.5. The van der Waals surface area contributed by atoms with E-state index < -0.39 is 0 Å². The second kappa shape index (κ2) is 4.53. The van der Waals surface area contributed by atoms with E-state index in [2.05, 4.69) is 22.1 Å². The molecule has 0 atom stereocenters. The van der Waals surface area contributed by atoms with Crippen molar-refractivity contribution in [2.24, 2.45) is 0 Å². The van der Waals surface area contributed by atoms with E-state index in [0.29, 0.717) is 16.5 Å². The molecular weight excluding hydrogens is 224 g/mol. The Kier molecular flexibility index (Phi) is 3.10. The molecule has 0 saturated heterocycles. The fourth-order valence-corrected chi connectivity index (χ4v) is 1.68. The van der Waals surface area contributed by atoms with Crippen LogP contribution in [-0.4, -0.2) is 15.2 Å². The molecule has 0 radical (unpaired) electrons. The van der Waals surface area contributed by atoms with Gasteiger partial charge in [0.1, 0.15) is 5.82 Å². The van der Waals surface area contributed by atoms with E-state index in [-0.39, 0.29) is 0 Å². The third kappa shape index (κ3) is 2.17. The number of anilines is 1. The molecule has 2 rings (SSSR count). The summed E-state index contributed by atoms with van der Waals surface area (Å²) in [6.45, 7) is 2.09. The maximum Gasteiger partial charge on any atom is 0.182 e. The van der Waals surface area contributed by atoms with Crippen LogP contribution in [0.15, 0.2) is 18.2 Å². The molecule has 16 heavy (non-hydrogen) atoms. The predicted molar refractivity (Wildman–Crippen MR) is 65.2 cm³/mol. The molecule has 0 aliphatic rings. The van der Waals surface area contributed by atoms with E-state index in [9.17, 15) is 0 Å². The average molecular weight is 237 g/mol. The maximum atomic E-state index is 6.07. The summed E-state index contributed by atoms with van der Waals surface area (Å²) in [5.41, 5.74) is 7.12. The standard InChI is InChI=1S/C11H13ClN4/c1-2-3-10-14-11(16-15-10)8-6-7(13)4-5-9(8)12/h4-6H,2-3,13H2,1H3,(H,14,15,16). The number of aryl methyl sites for hydroxylation is 1. The molecule has 1 aromatic carbocycles. The summed E-state index contributed by atoms with van der Waals surface area (Å²) < 4.78 is 0. The Morgan fingerprint density at radius 3 is 3.00 bits per heavy atom. The van der Waals surface area contributed by atoms with E-state index in [4.69, 9.17) is 17.3 Å². The van der Waals surface area contributed by atoms with Crippen molar-refractivity contribution in [2.75, 3.05) is 5.73 Å². The van der Waals surface area contributed by atoms with Crippen LogP contribution in [0.1, 0.15) is 19.2 Å². The number of rotatable bonds is 3. The molecule has 0 unspecified atom stereocenters. The Balaban J connectivity index is 2.38. The number of aromatic amines is 1. The number of nitrogens with one attached hydrogen (secondary N) is 1. The molecule has 3 N–H and O–H groups in total. The lowest BCUT2D eigenvalue weighted by Crippen LogP contribution is -1.88. The number of hydrogen-bond acceptors (Lipinski definition) is 3. The Labute approximate surface area is 98.8 Å². The third-order valence-electron chi connectivity index (χ3n) is 2.25. The summed E-state index contributed by atoms with van der Waals surface area (Å²) in [5, 5.41) is 7.63. The van der Waals surface area contributed by atoms with Crippen LogP contribution in [0.3, 0.4) is 0 Å². The minimum atomic E-state index is 0.598. The smallest absolute Gasteiger partial charge is 0.182 e. The van der Waals surface area contributed by atoms with Crippen LogP contribution < -0.4 is 5.73 Å². The molecule has 0 aliphatic carbocycles. The van der Waals surface area contributed by atoms with Gasteiger partial charge in [0.2, 0.25) is 0 Å².